The van der Waals surface area contributed by atoms with E-state index in [2.05, 4.69) is 23.7 Å². The molecule has 0 aromatic carbocycles. The van der Waals surface area contributed by atoms with Gasteiger partial charge in [-0.25, -0.2) is 13.4 Å². The van der Waals surface area contributed by atoms with Crippen molar-refractivity contribution in [1.29, 1.82) is 0 Å². The summed E-state index contributed by atoms with van der Waals surface area (Å²) in [5.74, 6) is 1.76. The number of hydrogen-bond acceptors (Lipinski definition) is 5. The average molecular weight is 345 g/mol. The summed E-state index contributed by atoms with van der Waals surface area (Å²) in [7, 11) is -2.98. The number of piperidine rings is 1. The summed E-state index contributed by atoms with van der Waals surface area (Å²) >= 11 is 1.46. The van der Waals surface area contributed by atoms with Gasteiger partial charge in [0.25, 0.3) is 0 Å². The molecule has 1 aliphatic heterocycles. The second-order valence-corrected chi connectivity index (χ2v) is 10.1. The number of aromatic nitrogens is 1. The van der Waals surface area contributed by atoms with Gasteiger partial charge in [0, 0.05) is 18.2 Å². The van der Waals surface area contributed by atoms with Crippen LogP contribution in [0.25, 0.3) is 0 Å². The van der Waals surface area contributed by atoms with Crippen LogP contribution in [0.3, 0.4) is 0 Å². The van der Waals surface area contributed by atoms with Gasteiger partial charge in [-0.05, 0) is 37.8 Å². The standard InChI is InChI=1S/C16H28N2O2S2/c1-13(2)4-5-14-6-8-18(9-7-14)10-15-11-21-16(17-15)12-22(3,19)20/h11,13-14H,4-10,12H2,1-3H3. The first-order valence-electron chi connectivity index (χ1n) is 8.15. The van der Waals surface area contributed by atoms with Crippen LogP contribution < -0.4 is 0 Å². The Morgan fingerprint density at radius 2 is 2.05 bits per heavy atom. The van der Waals surface area contributed by atoms with Crippen molar-refractivity contribution in [1.82, 2.24) is 9.88 Å². The topological polar surface area (TPSA) is 50.3 Å². The maximum absolute atomic E-state index is 11.3. The molecule has 0 saturated carbocycles. The molecule has 0 unspecified atom stereocenters. The highest BCUT2D eigenvalue weighted by atomic mass is 32.2. The Bertz CT molecular complexity index is 558. The van der Waals surface area contributed by atoms with Crippen LogP contribution in [0.5, 0.6) is 0 Å². The second-order valence-electron chi connectivity index (χ2n) is 6.99. The largest absolute Gasteiger partial charge is 0.297 e. The molecule has 0 amide bonds. The van der Waals surface area contributed by atoms with E-state index in [-0.39, 0.29) is 5.75 Å². The van der Waals surface area contributed by atoms with Crippen LogP contribution >= 0.6 is 11.3 Å². The molecule has 0 N–H and O–H groups in total. The zero-order valence-electron chi connectivity index (χ0n) is 13.9. The van der Waals surface area contributed by atoms with Crippen LogP contribution in [0.4, 0.5) is 0 Å². The molecular formula is C16H28N2O2S2. The van der Waals surface area contributed by atoms with Crippen molar-refractivity contribution < 1.29 is 8.42 Å². The molecule has 1 aromatic heterocycles. The minimum atomic E-state index is -2.98. The van der Waals surface area contributed by atoms with Crippen molar-refractivity contribution in [3.8, 4) is 0 Å². The Labute approximate surface area is 138 Å². The Balaban J connectivity index is 1.76. The molecule has 0 bridgehead atoms. The fourth-order valence-electron chi connectivity index (χ4n) is 2.94. The molecule has 0 atom stereocenters. The predicted molar refractivity (Wildman–Crippen MR) is 92.7 cm³/mol. The highest BCUT2D eigenvalue weighted by molar-refractivity contribution is 7.90. The first-order chi connectivity index (χ1) is 10.3. The lowest BCUT2D eigenvalue weighted by atomic mass is 9.89. The molecule has 22 heavy (non-hydrogen) atoms. The monoisotopic (exact) mass is 344 g/mol. The van der Waals surface area contributed by atoms with Gasteiger partial charge in [-0.1, -0.05) is 26.7 Å². The molecule has 2 heterocycles. The van der Waals surface area contributed by atoms with E-state index in [4.69, 9.17) is 0 Å². The van der Waals surface area contributed by atoms with Crippen molar-refractivity contribution in [2.45, 2.75) is 51.8 Å². The summed E-state index contributed by atoms with van der Waals surface area (Å²) < 4.78 is 22.6. The highest BCUT2D eigenvalue weighted by Crippen LogP contribution is 2.25. The van der Waals surface area contributed by atoms with Gasteiger partial charge < -0.3 is 0 Å². The molecule has 1 aliphatic rings. The molecular weight excluding hydrogens is 316 g/mol. The zero-order valence-corrected chi connectivity index (χ0v) is 15.5. The van der Waals surface area contributed by atoms with Crippen molar-refractivity contribution in [3.05, 3.63) is 16.1 Å². The van der Waals surface area contributed by atoms with Crippen LogP contribution in [0, 0.1) is 11.8 Å². The lowest BCUT2D eigenvalue weighted by Gasteiger charge is -2.31. The number of sulfone groups is 1. The highest BCUT2D eigenvalue weighted by Gasteiger charge is 2.20. The average Bonchev–Trinajstić information content (AvgIpc) is 2.83. The SMILES string of the molecule is CC(C)CCC1CCN(Cc2csc(CS(C)(=O)=O)n2)CC1. The van der Waals surface area contributed by atoms with Gasteiger partial charge in [0.15, 0.2) is 9.84 Å². The Morgan fingerprint density at radius 3 is 2.64 bits per heavy atom. The smallest absolute Gasteiger partial charge is 0.153 e. The molecule has 6 heteroatoms. The molecule has 1 fully saturated rings. The van der Waals surface area contributed by atoms with Gasteiger partial charge in [0.2, 0.25) is 0 Å². The predicted octanol–water partition coefficient (Wildman–Crippen LogP) is 3.34. The Morgan fingerprint density at radius 1 is 1.36 bits per heavy atom. The molecule has 2 rings (SSSR count). The number of likely N-dealkylation sites (tertiary alicyclic amines) is 1. The molecule has 0 radical (unpaired) electrons. The van der Waals surface area contributed by atoms with Gasteiger partial charge in [0.1, 0.15) is 10.8 Å². The maximum atomic E-state index is 11.3. The minimum absolute atomic E-state index is 0.0644. The van der Waals surface area contributed by atoms with Gasteiger partial charge in [-0.3, -0.25) is 4.90 Å². The van der Waals surface area contributed by atoms with E-state index in [1.54, 1.807) is 0 Å². The van der Waals surface area contributed by atoms with Crippen LogP contribution in [0.15, 0.2) is 5.38 Å². The molecule has 0 aliphatic carbocycles. The Kier molecular flexibility index (Phi) is 6.41. The van der Waals surface area contributed by atoms with Crippen LogP contribution in [-0.4, -0.2) is 37.6 Å². The van der Waals surface area contributed by atoms with Crippen LogP contribution in [0.1, 0.15) is 50.2 Å². The fraction of sp³-hybridized carbons (Fsp3) is 0.812. The molecule has 1 aromatic rings. The third-order valence-electron chi connectivity index (χ3n) is 4.23. The van der Waals surface area contributed by atoms with E-state index < -0.39 is 9.84 Å². The summed E-state index contributed by atoms with van der Waals surface area (Å²) in [4.78, 5) is 6.92. The molecule has 1 saturated heterocycles. The summed E-state index contributed by atoms with van der Waals surface area (Å²) in [5.41, 5.74) is 1.02. The normalized spacial score (nSPS) is 18.2. The van der Waals surface area contributed by atoms with E-state index in [1.807, 2.05) is 5.38 Å². The lowest BCUT2D eigenvalue weighted by molar-refractivity contribution is 0.167. The van der Waals surface area contributed by atoms with Crippen molar-refractivity contribution in [2.75, 3.05) is 19.3 Å². The number of rotatable bonds is 7. The third-order valence-corrected chi connectivity index (χ3v) is 6.11. The second kappa shape index (κ2) is 7.88. The quantitative estimate of drug-likeness (QED) is 0.761. The summed E-state index contributed by atoms with van der Waals surface area (Å²) in [6.45, 7) is 7.73. The zero-order chi connectivity index (χ0) is 16.2. The summed E-state index contributed by atoms with van der Waals surface area (Å²) in [6.07, 6.45) is 6.53. The van der Waals surface area contributed by atoms with Gasteiger partial charge in [-0.2, -0.15) is 0 Å². The van der Waals surface area contributed by atoms with Gasteiger partial charge in [0.05, 0.1) is 5.69 Å². The fourth-order valence-corrected chi connectivity index (χ4v) is 4.94. The third kappa shape index (κ3) is 6.34. The minimum Gasteiger partial charge on any atom is -0.297 e. The Hall–Kier alpha value is -0.460. The van der Waals surface area contributed by atoms with E-state index in [0.717, 1.165) is 37.2 Å². The van der Waals surface area contributed by atoms with E-state index in [9.17, 15) is 8.42 Å². The van der Waals surface area contributed by atoms with Gasteiger partial charge >= 0.3 is 0 Å². The number of hydrogen-bond donors (Lipinski definition) is 0. The molecule has 126 valence electrons. The van der Waals surface area contributed by atoms with E-state index >= 15 is 0 Å². The molecule has 0 spiro atoms. The van der Waals surface area contributed by atoms with Crippen molar-refractivity contribution in [3.63, 3.8) is 0 Å². The number of thiazole rings is 1. The maximum Gasteiger partial charge on any atom is 0.153 e. The summed E-state index contributed by atoms with van der Waals surface area (Å²) in [6, 6.07) is 0. The van der Waals surface area contributed by atoms with Crippen LogP contribution in [-0.2, 0) is 22.1 Å². The number of nitrogens with zero attached hydrogens (tertiary/aromatic N) is 2. The molecule has 4 nitrogen and oxygen atoms in total. The van der Waals surface area contributed by atoms with Gasteiger partial charge in [-0.15, -0.1) is 11.3 Å². The first kappa shape index (κ1) is 17.9. The van der Waals surface area contributed by atoms with Crippen LogP contribution in [0.2, 0.25) is 0 Å². The first-order valence-corrected chi connectivity index (χ1v) is 11.1. The van der Waals surface area contributed by atoms with Crippen molar-refractivity contribution in [2.24, 2.45) is 11.8 Å². The lowest BCUT2D eigenvalue weighted by Crippen LogP contribution is -2.33. The van der Waals surface area contributed by atoms with Crippen molar-refractivity contribution >= 4 is 21.2 Å². The van der Waals surface area contributed by atoms with E-state index in [0.29, 0.717) is 5.01 Å². The summed E-state index contributed by atoms with van der Waals surface area (Å²) in [5, 5.41) is 2.72. The van der Waals surface area contributed by atoms with E-state index in [1.165, 1.54) is 43.3 Å².